The minimum Gasteiger partial charge on any atom is -0.492 e. The van der Waals surface area contributed by atoms with E-state index in [-0.39, 0.29) is 24.0 Å². The van der Waals surface area contributed by atoms with Gasteiger partial charge in [0.1, 0.15) is 12.4 Å². The van der Waals surface area contributed by atoms with E-state index in [2.05, 4.69) is 28.8 Å². The lowest BCUT2D eigenvalue weighted by Crippen LogP contribution is -2.41. The largest absolute Gasteiger partial charge is 0.492 e. The number of hydrogen-bond donors (Lipinski definition) is 2. The van der Waals surface area contributed by atoms with Crippen LogP contribution in [-0.4, -0.2) is 44.2 Å². The molecule has 1 aromatic rings. The minimum absolute atomic E-state index is 0. The van der Waals surface area contributed by atoms with Gasteiger partial charge in [-0.25, -0.2) is 0 Å². The third kappa shape index (κ3) is 8.52. The van der Waals surface area contributed by atoms with Gasteiger partial charge in [-0.05, 0) is 18.4 Å². The van der Waals surface area contributed by atoms with Gasteiger partial charge in [-0.15, -0.1) is 24.0 Å². The summed E-state index contributed by atoms with van der Waals surface area (Å²) in [6, 6.07) is 9.81. The molecule has 1 unspecified atom stereocenters. The van der Waals surface area contributed by atoms with Crippen molar-refractivity contribution in [2.75, 3.05) is 33.0 Å². The van der Waals surface area contributed by atoms with Gasteiger partial charge in [0.25, 0.3) is 0 Å². The van der Waals surface area contributed by atoms with E-state index in [1.54, 1.807) is 7.05 Å². The Morgan fingerprint density at radius 2 is 2.00 bits per heavy atom. The van der Waals surface area contributed by atoms with E-state index in [9.17, 15) is 0 Å². The van der Waals surface area contributed by atoms with Gasteiger partial charge in [0, 0.05) is 18.8 Å². The second kappa shape index (κ2) is 12.1. The molecule has 114 valence electrons. The van der Waals surface area contributed by atoms with Crippen molar-refractivity contribution in [3.8, 4) is 5.75 Å². The van der Waals surface area contributed by atoms with Crippen LogP contribution in [0.1, 0.15) is 6.92 Å². The summed E-state index contributed by atoms with van der Waals surface area (Å²) in [5.74, 6) is 1.71. The molecule has 1 rings (SSSR count). The van der Waals surface area contributed by atoms with Crippen molar-refractivity contribution < 1.29 is 4.74 Å². The number of ether oxygens (including phenoxy) is 1. The van der Waals surface area contributed by atoms with E-state index in [1.807, 2.05) is 42.1 Å². The lowest BCUT2D eigenvalue weighted by molar-refractivity contribution is 0.322. The Morgan fingerprint density at radius 1 is 1.30 bits per heavy atom. The standard InChI is InChI=1S/C14H23N3OS.HI/c1-12(19-3)11-17-14(15-2)16-9-10-18-13-7-5-4-6-8-13;/h4-8,12H,9-11H2,1-3H3,(H2,15,16,17);1H. The fourth-order valence-electron chi connectivity index (χ4n) is 1.40. The van der Waals surface area contributed by atoms with Crippen molar-refractivity contribution in [2.24, 2.45) is 4.99 Å². The number of thioether (sulfide) groups is 1. The van der Waals surface area contributed by atoms with E-state index in [1.165, 1.54) is 0 Å². The number of benzene rings is 1. The van der Waals surface area contributed by atoms with Gasteiger partial charge in [0.05, 0.1) is 6.54 Å². The summed E-state index contributed by atoms with van der Waals surface area (Å²) in [7, 11) is 1.77. The quantitative estimate of drug-likeness (QED) is 0.315. The maximum atomic E-state index is 5.60. The highest BCUT2D eigenvalue weighted by Crippen LogP contribution is 2.07. The van der Waals surface area contributed by atoms with Crippen LogP contribution in [-0.2, 0) is 0 Å². The fraction of sp³-hybridized carbons (Fsp3) is 0.500. The molecule has 0 saturated carbocycles. The number of guanidine groups is 1. The molecule has 0 aliphatic rings. The van der Waals surface area contributed by atoms with Crippen LogP contribution in [0.5, 0.6) is 5.75 Å². The monoisotopic (exact) mass is 409 g/mol. The fourth-order valence-corrected chi connectivity index (χ4v) is 1.65. The third-order valence-corrected chi connectivity index (χ3v) is 3.56. The smallest absolute Gasteiger partial charge is 0.191 e. The molecule has 2 N–H and O–H groups in total. The summed E-state index contributed by atoms with van der Waals surface area (Å²) in [6.07, 6.45) is 2.11. The molecule has 0 spiro atoms. The second-order valence-corrected chi connectivity index (χ2v) is 5.36. The Bertz CT molecular complexity index is 376. The van der Waals surface area contributed by atoms with Crippen LogP contribution in [0.2, 0.25) is 0 Å². The Kier molecular flexibility index (Phi) is 11.8. The molecule has 0 aliphatic carbocycles. The Balaban J connectivity index is 0.00000361. The average Bonchev–Trinajstić information content (AvgIpc) is 2.47. The first kappa shape index (κ1) is 19.4. The predicted octanol–water partition coefficient (Wildman–Crippen LogP) is 2.60. The van der Waals surface area contributed by atoms with Crippen LogP contribution in [0.4, 0.5) is 0 Å². The molecule has 0 saturated heterocycles. The molecular weight excluding hydrogens is 385 g/mol. The highest BCUT2D eigenvalue weighted by molar-refractivity contribution is 14.0. The lowest BCUT2D eigenvalue weighted by atomic mass is 10.3. The first-order valence-electron chi connectivity index (χ1n) is 6.41. The number of nitrogens with one attached hydrogen (secondary N) is 2. The first-order chi connectivity index (χ1) is 9.26. The van der Waals surface area contributed by atoms with Gasteiger partial charge in [-0.3, -0.25) is 4.99 Å². The molecule has 0 aliphatic heterocycles. The molecule has 20 heavy (non-hydrogen) atoms. The van der Waals surface area contributed by atoms with Crippen molar-refractivity contribution in [3.05, 3.63) is 30.3 Å². The number of para-hydroxylation sites is 1. The highest BCUT2D eigenvalue weighted by Gasteiger charge is 2.01. The first-order valence-corrected chi connectivity index (χ1v) is 7.70. The molecule has 0 heterocycles. The van der Waals surface area contributed by atoms with E-state index in [4.69, 9.17) is 4.74 Å². The summed E-state index contributed by atoms with van der Waals surface area (Å²) in [5.41, 5.74) is 0. The zero-order valence-electron chi connectivity index (χ0n) is 12.3. The zero-order chi connectivity index (χ0) is 13.9. The maximum absolute atomic E-state index is 5.60. The van der Waals surface area contributed by atoms with Gasteiger partial charge in [0.2, 0.25) is 0 Å². The van der Waals surface area contributed by atoms with E-state index < -0.39 is 0 Å². The summed E-state index contributed by atoms with van der Waals surface area (Å²) in [4.78, 5) is 4.17. The van der Waals surface area contributed by atoms with Gasteiger partial charge < -0.3 is 15.4 Å². The predicted molar refractivity (Wildman–Crippen MR) is 99.7 cm³/mol. The Hall–Kier alpha value is -0.630. The molecule has 6 heteroatoms. The molecule has 0 amide bonds. The number of hydrogen-bond acceptors (Lipinski definition) is 3. The van der Waals surface area contributed by atoms with Crippen molar-refractivity contribution in [2.45, 2.75) is 12.2 Å². The minimum atomic E-state index is 0. The van der Waals surface area contributed by atoms with Crippen LogP contribution < -0.4 is 15.4 Å². The third-order valence-electron chi connectivity index (χ3n) is 2.59. The van der Waals surface area contributed by atoms with Gasteiger partial charge in [0.15, 0.2) is 5.96 Å². The van der Waals surface area contributed by atoms with Gasteiger partial charge in [-0.2, -0.15) is 11.8 Å². The summed E-state index contributed by atoms with van der Waals surface area (Å²) < 4.78 is 5.60. The maximum Gasteiger partial charge on any atom is 0.191 e. The van der Waals surface area contributed by atoms with E-state index >= 15 is 0 Å². The van der Waals surface area contributed by atoms with Crippen molar-refractivity contribution in [1.82, 2.24) is 10.6 Å². The van der Waals surface area contributed by atoms with E-state index in [0.717, 1.165) is 24.8 Å². The Morgan fingerprint density at radius 3 is 2.60 bits per heavy atom. The van der Waals surface area contributed by atoms with Crippen LogP contribution in [0.25, 0.3) is 0 Å². The lowest BCUT2D eigenvalue weighted by Gasteiger charge is -2.14. The number of rotatable bonds is 7. The van der Waals surface area contributed by atoms with Crippen LogP contribution >= 0.6 is 35.7 Å². The van der Waals surface area contributed by atoms with Crippen molar-refractivity contribution >= 4 is 41.7 Å². The second-order valence-electron chi connectivity index (χ2n) is 4.09. The number of halogens is 1. The van der Waals surface area contributed by atoms with E-state index in [0.29, 0.717) is 11.9 Å². The summed E-state index contributed by atoms with van der Waals surface area (Å²) >= 11 is 1.83. The molecule has 0 aromatic heterocycles. The molecule has 0 bridgehead atoms. The van der Waals surface area contributed by atoms with Crippen molar-refractivity contribution in [1.29, 1.82) is 0 Å². The Labute approximate surface area is 143 Å². The zero-order valence-corrected chi connectivity index (χ0v) is 15.4. The van der Waals surface area contributed by atoms with Crippen LogP contribution in [0, 0.1) is 0 Å². The topological polar surface area (TPSA) is 45.7 Å². The molecule has 0 radical (unpaired) electrons. The molecular formula is C14H24IN3OS. The molecule has 1 aromatic carbocycles. The number of aliphatic imine (C=N–C) groups is 1. The molecule has 1 atom stereocenters. The summed E-state index contributed by atoms with van der Waals surface area (Å²) in [5, 5.41) is 7.07. The molecule has 4 nitrogen and oxygen atoms in total. The summed E-state index contributed by atoms with van der Waals surface area (Å²) in [6.45, 7) is 4.43. The normalized spacial score (nSPS) is 12.2. The van der Waals surface area contributed by atoms with Crippen LogP contribution in [0.3, 0.4) is 0 Å². The van der Waals surface area contributed by atoms with Crippen LogP contribution in [0.15, 0.2) is 35.3 Å². The van der Waals surface area contributed by atoms with Crippen molar-refractivity contribution in [3.63, 3.8) is 0 Å². The van der Waals surface area contributed by atoms with Gasteiger partial charge in [-0.1, -0.05) is 25.1 Å². The number of nitrogens with zero attached hydrogens (tertiary/aromatic N) is 1. The average molecular weight is 409 g/mol. The SMILES string of the molecule is CN=C(NCCOc1ccccc1)NCC(C)SC.I. The molecule has 0 fully saturated rings. The highest BCUT2D eigenvalue weighted by atomic mass is 127. The van der Waals surface area contributed by atoms with Gasteiger partial charge >= 0.3 is 0 Å².